The van der Waals surface area contributed by atoms with Crippen molar-refractivity contribution in [3.63, 3.8) is 0 Å². The standard InChI is InChI=1S/C12H19N3O/c1-15(7-8-16)11(9-12(13)14)10-5-3-2-4-6-10/h2-6,11,16H,7-9H2,1H3,(H3,13,14). The fourth-order valence-electron chi connectivity index (χ4n) is 1.73. The second-order valence-electron chi connectivity index (χ2n) is 3.86. The average molecular weight is 221 g/mol. The summed E-state index contributed by atoms with van der Waals surface area (Å²) < 4.78 is 0. The Balaban J connectivity index is 2.82. The van der Waals surface area contributed by atoms with Gasteiger partial charge in [-0.1, -0.05) is 30.3 Å². The lowest BCUT2D eigenvalue weighted by Crippen LogP contribution is -2.30. The summed E-state index contributed by atoms with van der Waals surface area (Å²) in [6, 6.07) is 9.99. The highest BCUT2D eigenvalue weighted by Gasteiger charge is 2.17. The van der Waals surface area contributed by atoms with E-state index >= 15 is 0 Å². The maximum absolute atomic E-state index is 8.94. The van der Waals surface area contributed by atoms with Gasteiger partial charge < -0.3 is 10.8 Å². The van der Waals surface area contributed by atoms with E-state index in [2.05, 4.69) is 0 Å². The van der Waals surface area contributed by atoms with Gasteiger partial charge in [0, 0.05) is 19.0 Å². The number of nitrogens with zero attached hydrogens (tertiary/aromatic N) is 1. The molecule has 0 amide bonds. The summed E-state index contributed by atoms with van der Waals surface area (Å²) in [4.78, 5) is 2.01. The molecule has 0 aromatic heterocycles. The van der Waals surface area contributed by atoms with Gasteiger partial charge in [-0.2, -0.15) is 0 Å². The van der Waals surface area contributed by atoms with E-state index in [-0.39, 0.29) is 18.5 Å². The minimum Gasteiger partial charge on any atom is -0.395 e. The molecule has 0 radical (unpaired) electrons. The molecule has 0 spiro atoms. The summed E-state index contributed by atoms with van der Waals surface area (Å²) in [5, 5.41) is 16.3. The Morgan fingerprint density at radius 3 is 2.56 bits per heavy atom. The second-order valence-corrected chi connectivity index (χ2v) is 3.86. The van der Waals surface area contributed by atoms with E-state index in [0.29, 0.717) is 13.0 Å². The molecule has 0 saturated heterocycles. The molecule has 0 bridgehead atoms. The Hall–Kier alpha value is -1.39. The number of hydrogen-bond acceptors (Lipinski definition) is 3. The molecule has 4 nitrogen and oxygen atoms in total. The Morgan fingerprint density at radius 2 is 2.06 bits per heavy atom. The number of nitrogens with one attached hydrogen (secondary N) is 1. The van der Waals surface area contributed by atoms with Crippen molar-refractivity contribution in [2.24, 2.45) is 5.73 Å². The highest BCUT2D eigenvalue weighted by molar-refractivity contribution is 5.77. The van der Waals surface area contributed by atoms with E-state index < -0.39 is 0 Å². The van der Waals surface area contributed by atoms with E-state index in [1.54, 1.807) is 0 Å². The average Bonchev–Trinajstić information content (AvgIpc) is 2.27. The van der Waals surface area contributed by atoms with Crippen LogP contribution in [0.15, 0.2) is 30.3 Å². The van der Waals surface area contributed by atoms with Gasteiger partial charge in [-0.25, -0.2) is 0 Å². The van der Waals surface area contributed by atoms with Gasteiger partial charge in [-0.3, -0.25) is 10.3 Å². The normalized spacial score (nSPS) is 12.7. The molecule has 88 valence electrons. The van der Waals surface area contributed by atoms with E-state index in [0.717, 1.165) is 5.56 Å². The molecule has 16 heavy (non-hydrogen) atoms. The molecule has 1 unspecified atom stereocenters. The van der Waals surface area contributed by atoms with Gasteiger partial charge >= 0.3 is 0 Å². The van der Waals surface area contributed by atoms with Crippen LogP contribution in [-0.4, -0.2) is 36.0 Å². The molecule has 0 aliphatic rings. The molecular weight excluding hydrogens is 202 g/mol. The third-order valence-electron chi connectivity index (χ3n) is 2.58. The summed E-state index contributed by atoms with van der Waals surface area (Å²) >= 11 is 0. The van der Waals surface area contributed by atoms with Crippen LogP contribution in [0.5, 0.6) is 0 Å². The summed E-state index contributed by atoms with van der Waals surface area (Å²) in [7, 11) is 1.93. The van der Waals surface area contributed by atoms with Crippen LogP contribution >= 0.6 is 0 Å². The predicted molar refractivity (Wildman–Crippen MR) is 65.4 cm³/mol. The zero-order chi connectivity index (χ0) is 12.0. The Kier molecular flexibility index (Phi) is 4.95. The highest BCUT2D eigenvalue weighted by Crippen LogP contribution is 2.22. The first-order valence-electron chi connectivity index (χ1n) is 5.34. The molecule has 4 heteroatoms. The number of benzene rings is 1. The minimum absolute atomic E-state index is 0.0610. The fourth-order valence-corrected chi connectivity index (χ4v) is 1.73. The number of amidine groups is 1. The first-order chi connectivity index (χ1) is 7.65. The number of likely N-dealkylation sites (N-methyl/N-ethyl adjacent to an activating group) is 1. The van der Waals surface area contributed by atoms with Crippen LogP contribution in [0.4, 0.5) is 0 Å². The first-order valence-corrected chi connectivity index (χ1v) is 5.34. The van der Waals surface area contributed by atoms with Crippen LogP contribution in [0.1, 0.15) is 18.0 Å². The van der Waals surface area contributed by atoms with Crippen LogP contribution in [-0.2, 0) is 0 Å². The number of hydrogen-bond donors (Lipinski definition) is 3. The van der Waals surface area contributed by atoms with Gasteiger partial charge in [0.15, 0.2) is 0 Å². The van der Waals surface area contributed by atoms with Crippen LogP contribution in [0.3, 0.4) is 0 Å². The lowest BCUT2D eigenvalue weighted by atomic mass is 10.0. The van der Waals surface area contributed by atoms with Crippen molar-refractivity contribution in [2.75, 3.05) is 20.2 Å². The minimum atomic E-state index is 0.0610. The summed E-state index contributed by atoms with van der Waals surface area (Å²) in [6.07, 6.45) is 0.487. The quantitative estimate of drug-likeness (QED) is 0.495. The third kappa shape index (κ3) is 3.64. The molecule has 0 fully saturated rings. The maximum atomic E-state index is 8.94. The predicted octanol–water partition coefficient (Wildman–Crippen LogP) is 0.978. The zero-order valence-electron chi connectivity index (χ0n) is 9.56. The Morgan fingerprint density at radius 1 is 1.44 bits per heavy atom. The van der Waals surface area contributed by atoms with E-state index in [1.165, 1.54) is 0 Å². The van der Waals surface area contributed by atoms with Crippen molar-refractivity contribution in [3.05, 3.63) is 35.9 Å². The molecule has 1 atom stereocenters. The largest absolute Gasteiger partial charge is 0.395 e. The molecule has 0 heterocycles. The van der Waals surface area contributed by atoms with Crippen LogP contribution < -0.4 is 5.73 Å². The van der Waals surface area contributed by atoms with Crippen LogP contribution in [0.2, 0.25) is 0 Å². The summed E-state index contributed by atoms with van der Waals surface area (Å²) in [5.74, 6) is 0.165. The molecular formula is C12H19N3O. The molecule has 4 N–H and O–H groups in total. The van der Waals surface area contributed by atoms with E-state index in [1.807, 2.05) is 42.3 Å². The second kappa shape index (κ2) is 6.25. The molecule has 0 saturated carbocycles. The van der Waals surface area contributed by atoms with Crippen molar-refractivity contribution in [3.8, 4) is 0 Å². The number of aliphatic hydroxyl groups excluding tert-OH is 1. The Bertz CT molecular complexity index is 326. The maximum Gasteiger partial charge on any atom is 0.0924 e. The highest BCUT2D eigenvalue weighted by atomic mass is 16.3. The van der Waals surface area contributed by atoms with Gasteiger partial charge in [-0.05, 0) is 12.6 Å². The number of rotatable bonds is 6. The zero-order valence-corrected chi connectivity index (χ0v) is 9.56. The Labute approximate surface area is 96.2 Å². The molecule has 0 aliphatic heterocycles. The van der Waals surface area contributed by atoms with Crippen molar-refractivity contribution in [2.45, 2.75) is 12.5 Å². The van der Waals surface area contributed by atoms with Gasteiger partial charge in [0.05, 0.1) is 12.4 Å². The third-order valence-corrected chi connectivity index (χ3v) is 2.58. The lowest BCUT2D eigenvalue weighted by molar-refractivity contribution is 0.183. The summed E-state index contributed by atoms with van der Waals surface area (Å²) in [6.45, 7) is 0.685. The van der Waals surface area contributed by atoms with Crippen LogP contribution in [0, 0.1) is 5.41 Å². The van der Waals surface area contributed by atoms with Gasteiger partial charge in [0.25, 0.3) is 0 Å². The molecule has 1 rings (SSSR count). The van der Waals surface area contributed by atoms with Crippen molar-refractivity contribution < 1.29 is 5.11 Å². The molecule has 1 aromatic carbocycles. The van der Waals surface area contributed by atoms with E-state index in [9.17, 15) is 0 Å². The van der Waals surface area contributed by atoms with Crippen molar-refractivity contribution in [1.82, 2.24) is 4.90 Å². The lowest BCUT2D eigenvalue weighted by Gasteiger charge is -2.27. The summed E-state index contributed by atoms with van der Waals surface area (Å²) in [5.41, 5.74) is 6.58. The van der Waals surface area contributed by atoms with E-state index in [4.69, 9.17) is 16.2 Å². The fraction of sp³-hybridized carbons (Fsp3) is 0.417. The molecule has 1 aromatic rings. The number of aliphatic hydroxyl groups is 1. The number of nitrogens with two attached hydrogens (primary N) is 1. The smallest absolute Gasteiger partial charge is 0.0924 e. The molecule has 0 aliphatic carbocycles. The topological polar surface area (TPSA) is 73.3 Å². The monoisotopic (exact) mass is 221 g/mol. The van der Waals surface area contributed by atoms with Gasteiger partial charge in [0.2, 0.25) is 0 Å². The van der Waals surface area contributed by atoms with Crippen LogP contribution in [0.25, 0.3) is 0 Å². The van der Waals surface area contributed by atoms with Gasteiger partial charge in [-0.15, -0.1) is 0 Å². The first kappa shape index (κ1) is 12.7. The van der Waals surface area contributed by atoms with Gasteiger partial charge in [0.1, 0.15) is 0 Å². The SMILES string of the molecule is CN(CCO)C(CC(=N)N)c1ccccc1. The van der Waals surface area contributed by atoms with Crippen molar-refractivity contribution in [1.29, 1.82) is 5.41 Å². The van der Waals surface area contributed by atoms with Crippen molar-refractivity contribution >= 4 is 5.84 Å².